The number of carbonyl (C=O) groups excluding carboxylic acids is 1. The monoisotopic (exact) mass is 421 g/mol. The van der Waals surface area contributed by atoms with Gasteiger partial charge in [-0.15, -0.1) is 0 Å². The molecule has 0 fully saturated rings. The maximum Gasteiger partial charge on any atom is 0.323 e. The van der Waals surface area contributed by atoms with Crippen LogP contribution in [-0.2, 0) is 16.1 Å². The second-order valence-corrected chi connectivity index (χ2v) is 6.57. The topological polar surface area (TPSA) is 47.6 Å². The lowest BCUT2D eigenvalue weighted by Crippen LogP contribution is -2.42. The number of ether oxygens (including phenoxy) is 2. The fourth-order valence-corrected chi connectivity index (χ4v) is 3.62. The normalized spacial score (nSPS) is 13.6. The summed E-state index contributed by atoms with van der Waals surface area (Å²) < 4.78 is 11.9. The van der Waals surface area contributed by atoms with Crippen LogP contribution in [0, 0.1) is 5.92 Å². The largest absolute Gasteiger partial charge is 0.494 e. The molecular formula is C15H21Br2NO3. The molecule has 0 radical (unpaired) electrons. The number of hydrogen-bond acceptors (Lipinski definition) is 4. The molecule has 0 aliphatic heterocycles. The standard InChI is InChI=1S/C15H21Br2NO3/c1-5-9(2)13(15(19)21-4)18-8-10-6-11(16)14(20-3)12(17)7-10/h6-7,9,13,18H,5,8H2,1-4H3. The fraction of sp³-hybridized carbons (Fsp3) is 0.533. The molecule has 0 aromatic heterocycles. The molecule has 1 rings (SSSR count). The van der Waals surface area contributed by atoms with Crippen LogP contribution >= 0.6 is 31.9 Å². The lowest BCUT2D eigenvalue weighted by atomic mass is 9.99. The predicted molar refractivity (Wildman–Crippen MR) is 90.5 cm³/mol. The molecule has 1 N–H and O–H groups in total. The highest BCUT2D eigenvalue weighted by molar-refractivity contribution is 9.11. The number of hydrogen-bond donors (Lipinski definition) is 1. The minimum absolute atomic E-state index is 0.211. The summed E-state index contributed by atoms with van der Waals surface area (Å²) in [4.78, 5) is 11.8. The van der Waals surface area contributed by atoms with Gasteiger partial charge < -0.3 is 14.8 Å². The van der Waals surface area contributed by atoms with E-state index in [0.717, 1.165) is 26.7 Å². The van der Waals surface area contributed by atoms with E-state index in [9.17, 15) is 4.79 Å². The summed E-state index contributed by atoms with van der Waals surface area (Å²) in [6.45, 7) is 4.67. The van der Waals surface area contributed by atoms with E-state index in [1.807, 2.05) is 19.1 Å². The summed E-state index contributed by atoms with van der Waals surface area (Å²) in [5.74, 6) is 0.740. The average Bonchev–Trinajstić information content (AvgIpc) is 2.46. The van der Waals surface area contributed by atoms with Crippen LogP contribution in [-0.4, -0.2) is 26.2 Å². The van der Waals surface area contributed by atoms with E-state index in [-0.39, 0.29) is 17.9 Å². The van der Waals surface area contributed by atoms with E-state index in [2.05, 4.69) is 44.1 Å². The summed E-state index contributed by atoms with van der Waals surface area (Å²) in [5.41, 5.74) is 1.05. The van der Waals surface area contributed by atoms with Crippen LogP contribution in [0.2, 0.25) is 0 Å². The van der Waals surface area contributed by atoms with Crippen molar-refractivity contribution in [3.63, 3.8) is 0 Å². The Morgan fingerprint density at radius 2 is 1.86 bits per heavy atom. The van der Waals surface area contributed by atoms with Crippen molar-refractivity contribution < 1.29 is 14.3 Å². The Hall–Kier alpha value is -0.590. The van der Waals surface area contributed by atoms with Gasteiger partial charge in [-0.05, 0) is 55.5 Å². The quantitative estimate of drug-likeness (QED) is 0.677. The zero-order chi connectivity index (χ0) is 16.0. The van der Waals surface area contributed by atoms with Crippen molar-refractivity contribution >= 4 is 37.8 Å². The smallest absolute Gasteiger partial charge is 0.323 e. The SMILES string of the molecule is CCC(C)C(NCc1cc(Br)c(OC)c(Br)c1)C(=O)OC. The Kier molecular flexibility index (Phi) is 7.70. The second-order valence-electron chi connectivity index (χ2n) is 4.86. The van der Waals surface area contributed by atoms with Crippen molar-refractivity contribution in [3.8, 4) is 5.75 Å². The molecule has 118 valence electrons. The fourth-order valence-electron chi connectivity index (χ4n) is 2.02. The molecule has 6 heteroatoms. The highest BCUT2D eigenvalue weighted by atomic mass is 79.9. The van der Waals surface area contributed by atoms with Gasteiger partial charge in [0.15, 0.2) is 0 Å². The Morgan fingerprint density at radius 3 is 2.29 bits per heavy atom. The minimum atomic E-state index is -0.306. The third-order valence-corrected chi connectivity index (χ3v) is 4.63. The van der Waals surface area contributed by atoms with Crippen LogP contribution in [0.5, 0.6) is 5.75 Å². The van der Waals surface area contributed by atoms with Crippen LogP contribution in [0.3, 0.4) is 0 Å². The average molecular weight is 423 g/mol. The van der Waals surface area contributed by atoms with Crippen molar-refractivity contribution in [2.24, 2.45) is 5.92 Å². The molecule has 1 aromatic rings. The van der Waals surface area contributed by atoms with Crippen molar-refractivity contribution in [2.45, 2.75) is 32.9 Å². The molecule has 0 saturated carbocycles. The molecule has 4 nitrogen and oxygen atoms in total. The molecular weight excluding hydrogens is 402 g/mol. The molecule has 2 unspecified atom stereocenters. The number of rotatable bonds is 7. The summed E-state index contributed by atoms with van der Waals surface area (Å²) >= 11 is 6.95. The summed E-state index contributed by atoms with van der Waals surface area (Å²) in [5, 5.41) is 3.27. The van der Waals surface area contributed by atoms with E-state index in [1.54, 1.807) is 7.11 Å². The maximum absolute atomic E-state index is 11.8. The number of benzene rings is 1. The Labute approximate surface area is 142 Å². The first kappa shape index (κ1) is 18.5. The lowest BCUT2D eigenvalue weighted by Gasteiger charge is -2.22. The van der Waals surface area contributed by atoms with Gasteiger partial charge in [0.1, 0.15) is 11.8 Å². The number of methoxy groups -OCH3 is 2. The summed E-state index contributed by atoms with van der Waals surface area (Å²) in [6, 6.07) is 3.64. The van der Waals surface area contributed by atoms with Crippen LogP contribution in [0.1, 0.15) is 25.8 Å². The maximum atomic E-state index is 11.8. The van der Waals surface area contributed by atoms with Crippen LogP contribution in [0.15, 0.2) is 21.1 Å². The Balaban J connectivity index is 2.83. The predicted octanol–water partition coefficient (Wildman–Crippen LogP) is 3.90. The molecule has 0 aliphatic rings. The van der Waals surface area contributed by atoms with Crippen molar-refractivity contribution in [2.75, 3.05) is 14.2 Å². The Bertz CT molecular complexity index is 471. The molecule has 0 heterocycles. The van der Waals surface area contributed by atoms with E-state index in [1.165, 1.54) is 7.11 Å². The highest BCUT2D eigenvalue weighted by Crippen LogP contribution is 2.34. The van der Waals surface area contributed by atoms with Gasteiger partial charge in [-0.3, -0.25) is 4.79 Å². The van der Waals surface area contributed by atoms with Gasteiger partial charge in [0, 0.05) is 6.54 Å². The first-order valence-corrected chi connectivity index (χ1v) is 8.36. The summed E-state index contributed by atoms with van der Waals surface area (Å²) in [7, 11) is 3.04. The van der Waals surface area contributed by atoms with Gasteiger partial charge in [-0.1, -0.05) is 20.3 Å². The van der Waals surface area contributed by atoms with Crippen LogP contribution in [0.25, 0.3) is 0 Å². The third kappa shape index (κ3) is 4.97. The van der Waals surface area contributed by atoms with Gasteiger partial charge in [0.05, 0.1) is 23.2 Å². The number of nitrogens with one attached hydrogen (secondary N) is 1. The van der Waals surface area contributed by atoms with Gasteiger partial charge in [-0.25, -0.2) is 0 Å². The van der Waals surface area contributed by atoms with Gasteiger partial charge >= 0.3 is 5.97 Å². The molecule has 1 aromatic carbocycles. The molecule has 0 amide bonds. The minimum Gasteiger partial charge on any atom is -0.494 e. The molecule has 0 saturated heterocycles. The zero-order valence-corrected chi connectivity index (χ0v) is 15.9. The summed E-state index contributed by atoms with van der Waals surface area (Å²) in [6.07, 6.45) is 0.906. The molecule has 0 spiro atoms. The first-order chi connectivity index (χ1) is 9.94. The van der Waals surface area contributed by atoms with Crippen molar-refractivity contribution in [1.82, 2.24) is 5.32 Å². The van der Waals surface area contributed by atoms with E-state index < -0.39 is 0 Å². The first-order valence-electron chi connectivity index (χ1n) is 6.77. The van der Waals surface area contributed by atoms with Crippen molar-refractivity contribution in [3.05, 3.63) is 26.6 Å². The van der Waals surface area contributed by atoms with Crippen LogP contribution in [0.4, 0.5) is 0 Å². The number of esters is 1. The van der Waals surface area contributed by atoms with Gasteiger partial charge in [0.2, 0.25) is 0 Å². The highest BCUT2D eigenvalue weighted by Gasteiger charge is 2.24. The number of carbonyl (C=O) groups is 1. The number of halogens is 2. The molecule has 0 aliphatic carbocycles. The zero-order valence-electron chi connectivity index (χ0n) is 12.7. The second kappa shape index (κ2) is 8.76. The van der Waals surface area contributed by atoms with Gasteiger partial charge in [-0.2, -0.15) is 0 Å². The van der Waals surface area contributed by atoms with Crippen molar-refractivity contribution in [1.29, 1.82) is 0 Å². The molecule has 21 heavy (non-hydrogen) atoms. The molecule has 0 bridgehead atoms. The van der Waals surface area contributed by atoms with Gasteiger partial charge in [0.25, 0.3) is 0 Å². The lowest BCUT2D eigenvalue weighted by molar-refractivity contribution is -0.144. The van der Waals surface area contributed by atoms with E-state index in [4.69, 9.17) is 9.47 Å². The van der Waals surface area contributed by atoms with E-state index in [0.29, 0.717) is 6.54 Å². The Morgan fingerprint density at radius 1 is 1.29 bits per heavy atom. The molecule has 2 atom stereocenters. The van der Waals surface area contributed by atoms with Crippen LogP contribution < -0.4 is 10.1 Å². The third-order valence-electron chi connectivity index (χ3n) is 3.46. The van der Waals surface area contributed by atoms with E-state index >= 15 is 0 Å².